The minimum Gasteiger partial charge on any atom is -0.387 e. The molecule has 108 valence electrons. The molecule has 5 atom stereocenters. The zero-order valence-corrected chi connectivity index (χ0v) is 11.9. The smallest absolute Gasteiger partial charge is 0.248 e. The van der Waals surface area contributed by atoms with Gasteiger partial charge in [0, 0.05) is 11.6 Å². The standard InChI is InChI=1S/C16H22N2O2/c1-9-7-10-11-3-2-6-17-16(11,8-9)12-4-5-13(19)18-14(12)15(10)20/h4-5,9-11,15,17,20H,2-3,6-8H2,1H3,(H,18,19)/t9-,10-,11-,15-,16-/m1/s1. The number of rotatable bonds is 0. The van der Waals surface area contributed by atoms with Crippen LogP contribution < -0.4 is 10.9 Å². The molecule has 4 heteroatoms. The van der Waals surface area contributed by atoms with Gasteiger partial charge in [0.15, 0.2) is 0 Å². The first-order valence-electron chi connectivity index (χ1n) is 7.78. The van der Waals surface area contributed by atoms with E-state index in [2.05, 4.69) is 17.2 Å². The summed E-state index contributed by atoms with van der Waals surface area (Å²) in [5.74, 6) is 1.38. The monoisotopic (exact) mass is 274 g/mol. The van der Waals surface area contributed by atoms with Gasteiger partial charge in [-0.2, -0.15) is 0 Å². The van der Waals surface area contributed by atoms with Crippen molar-refractivity contribution < 1.29 is 5.11 Å². The van der Waals surface area contributed by atoms with Crippen LogP contribution in [0.15, 0.2) is 16.9 Å². The summed E-state index contributed by atoms with van der Waals surface area (Å²) < 4.78 is 0. The molecule has 0 radical (unpaired) electrons. The van der Waals surface area contributed by atoms with Crippen LogP contribution in [-0.4, -0.2) is 16.6 Å². The van der Waals surface area contributed by atoms with Crippen molar-refractivity contribution in [1.29, 1.82) is 0 Å². The van der Waals surface area contributed by atoms with Crippen LogP contribution in [0.3, 0.4) is 0 Å². The van der Waals surface area contributed by atoms with E-state index >= 15 is 0 Å². The van der Waals surface area contributed by atoms with E-state index < -0.39 is 6.10 Å². The maximum atomic E-state index is 11.6. The molecule has 2 aliphatic carbocycles. The van der Waals surface area contributed by atoms with Crippen LogP contribution in [0.4, 0.5) is 0 Å². The lowest BCUT2D eigenvalue weighted by atomic mass is 9.53. The van der Waals surface area contributed by atoms with E-state index in [1.807, 2.05) is 6.07 Å². The minimum atomic E-state index is -0.514. The number of aromatic nitrogens is 1. The number of hydrogen-bond acceptors (Lipinski definition) is 3. The van der Waals surface area contributed by atoms with Gasteiger partial charge in [-0.1, -0.05) is 6.92 Å². The number of nitrogens with one attached hydrogen (secondary N) is 2. The Balaban J connectivity index is 1.96. The van der Waals surface area contributed by atoms with Gasteiger partial charge in [0.1, 0.15) is 0 Å². The molecule has 0 amide bonds. The van der Waals surface area contributed by atoms with Gasteiger partial charge in [0.2, 0.25) is 5.56 Å². The van der Waals surface area contributed by atoms with Crippen molar-refractivity contribution in [2.45, 2.75) is 44.2 Å². The van der Waals surface area contributed by atoms with E-state index in [-0.39, 0.29) is 17.0 Å². The third-order valence-electron chi connectivity index (χ3n) is 5.76. The number of pyridine rings is 1. The first kappa shape index (κ1) is 12.6. The first-order valence-corrected chi connectivity index (χ1v) is 7.78. The predicted molar refractivity (Wildman–Crippen MR) is 76.3 cm³/mol. The van der Waals surface area contributed by atoms with Crippen molar-refractivity contribution in [2.75, 3.05) is 6.54 Å². The van der Waals surface area contributed by atoms with Crippen molar-refractivity contribution in [2.24, 2.45) is 17.8 Å². The molecule has 2 fully saturated rings. The minimum absolute atomic E-state index is 0.0284. The molecule has 4 rings (SSSR count). The Morgan fingerprint density at radius 3 is 3.10 bits per heavy atom. The van der Waals surface area contributed by atoms with Gasteiger partial charge in [0.25, 0.3) is 0 Å². The number of fused-ring (bicyclic) bond motifs is 1. The van der Waals surface area contributed by atoms with Crippen molar-refractivity contribution >= 4 is 0 Å². The molecule has 1 saturated carbocycles. The van der Waals surface area contributed by atoms with Gasteiger partial charge in [-0.05, 0) is 61.6 Å². The fourth-order valence-corrected chi connectivity index (χ4v) is 5.16. The molecule has 1 aromatic heterocycles. The van der Waals surface area contributed by atoms with E-state index in [4.69, 9.17) is 0 Å². The van der Waals surface area contributed by atoms with Crippen molar-refractivity contribution in [3.8, 4) is 0 Å². The molecule has 2 heterocycles. The third-order valence-corrected chi connectivity index (χ3v) is 5.76. The van der Waals surface area contributed by atoms with Crippen LogP contribution in [0.2, 0.25) is 0 Å². The van der Waals surface area contributed by atoms with E-state index in [1.54, 1.807) is 6.07 Å². The van der Waals surface area contributed by atoms with Gasteiger partial charge in [-0.15, -0.1) is 0 Å². The lowest BCUT2D eigenvalue weighted by Crippen LogP contribution is -2.61. The number of aromatic amines is 1. The number of hydrogen-bond donors (Lipinski definition) is 3. The summed E-state index contributed by atoms with van der Waals surface area (Å²) in [7, 11) is 0. The van der Waals surface area contributed by atoms with Gasteiger partial charge in [-0.3, -0.25) is 4.79 Å². The molecule has 1 aromatic rings. The average Bonchev–Trinajstić information content (AvgIpc) is 2.44. The quantitative estimate of drug-likeness (QED) is 0.674. The molecular formula is C16H22N2O2. The van der Waals surface area contributed by atoms with E-state index in [0.29, 0.717) is 11.8 Å². The SMILES string of the molecule is C[C@@H]1C[C@@H]2[C@H]3CCCN[C@@]3(C1)c1ccc(=O)[nH]c1[C@@H]2O. The third kappa shape index (κ3) is 1.52. The lowest BCUT2D eigenvalue weighted by molar-refractivity contribution is -0.0643. The average molecular weight is 274 g/mol. The van der Waals surface area contributed by atoms with Crippen LogP contribution >= 0.6 is 0 Å². The van der Waals surface area contributed by atoms with E-state index in [0.717, 1.165) is 30.6 Å². The maximum Gasteiger partial charge on any atom is 0.248 e. The van der Waals surface area contributed by atoms with Crippen LogP contribution in [0, 0.1) is 17.8 Å². The van der Waals surface area contributed by atoms with Gasteiger partial charge < -0.3 is 15.4 Å². The topological polar surface area (TPSA) is 65.1 Å². The van der Waals surface area contributed by atoms with Crippen LogP contribution in [0.5, 0.6) is 0 Å². The van der Waals surface area contributed by atoms with Crippen molar-refractivity contribution in [3.05, 3.63) is 33.7 Å². The Morgan fingerprint density at radius 1 is 1.40 bits per heavy atom. The second kappa shape index (κ2) is 4.18. The molecule has 3 aliphatic rings. The molecule has 1 saturated heterocycles. The summed E-state index contributed by atoms with van der Waals surface area (Å²) in [6.45, 7) is 3.31. The molecule has 4 nitrogen and oxygen atoms in total. The molecule has 1 aliphatic heterocycles. The van der Waals surface area contributed by atoms with Crippen molar-refractivity contribution in [1.82, 2.24) is 10.3 Å². The Labute approximate surface area is 118 Å². The first-order chi connectivity index (χ1) is 9.62. The Kier molecular flexibility index (Phi) is 2.63. The molecule has 0 spiro atoms. The van der Waals surface area contributed by atoms with Crippen LogP contribution in [0.25, 0.3) is 0 Å². The van der Waals surface area contributed by atoms with Crippen molar-refractivity contribution in [3.63, 3.8) is 0 Å². The highest BCUT2D eigenvalue weighted by Gasteiger charge is 2.56. The van der Waals surface area contributed by atoms with E-state index in [1.165, 1.54) is 12.8 Å². The fourth-order valence-electron chi connectivity index (χ4n) is 5.16. The molecule has 0 aromatic carbocycles. The summed E-state index contributed by atoms with van der Waals surface area (Å²) in [6.07, 6.45) is 4.02. The zero-order valence-electron chi connectivity index (χ0n) is 11.9. The maximum absolute atomic E-state index is 11.6. The number of H-pyrrole nitrogens is 1. The second-order valence-corrected chi connectivity index (χ2v) is 6.95. The van der Waals surface area contributed by atoms with Gasteiger partial charge in [-0.25, -0.2) is 0 Å². The largest absolute Gasteiger partial charge is 0.387 e. The molecule has 2 bridgehead atoms. The van der Waals surface area contributed by atoms with Crippen LogP contribution in [-0.2, 0) is 5.54 Å². The number of aliphatic hydroxyl groups is 1. The molecule has 3 N–H and O–H groups in total. The summed E-state index contributed by atoms with van der Waals surface area (Å²) in [5, 5.41) is 14.5. The zero-order chi connectivity index (χ0) is 13.9. The highest BCUT2D eigenvalue weighted by atomic mass is 16.3. The Hall–Kier alpha value is -1.13. The van der Waals surface area contributed by atoms with Gasteiger partial charge in [0.05, 0.1) is 11.8 Å². The van der Waals surface area contributed by atoms with E-state index in [9.17, 15) is 9.90 Å². The van der Waals surface area contributed by atoms with Crippen LogP contribution in [0.1, 0.15) is 50.0 Å². The highest BCUT2D eigenvalue weighted by Crippen LogP contribution is 2.58. The Morgan fingerprint density at radius 2 is 2.25 bits per heavy atom. The number of piperidine rings is 1. The Bertz CT molecular complexity index is 596. The summed E-state index contributed by atoms with van der Waals surface area (Å²) in [6, 6.07) is 3.55. The number of aliphatic hydroxyl groups excluding tert-OH is 1. The predicted octanol–water partition coefficient (Wildman–Crippen LogP) is 1.66. The highest BCUT2D eigenvalue weighted by molar-refractivity contribution is 5.37. The lowest BCUT2D eigenvalue weighted by Gasteiger charge is -2.58. The van der Waals surface area contributed by atoms with Gasteiger partial charge >= 0.3 is 0 Å². The summed E-state index contributed by atoms with van der Waals surface area (Å²) in [5.41, 5.74) is 1.76. The fraction of sp³-hybridized carbons (Fsp3) is 0.688. The molecule has 20 heavy (non-hydrogen) atoms. The molecular weight excluding hydrogens is 252 g/mol. The second-order valence-electron chi connectivity index (χ2n) is 6.95. The normalized spacial score (nSPS) is 42.7. The summed E-state index contributed by atoms with van der Waals surface area (Å²) in [4.78, 5) is 14.5. The molecule has 0 unspecified atom stereocenters. The summed E-state index contributed by atoms with van der Waals surface area (Å²) >= 11 is 0.